The maximum atomic E-state index is 12.8. The van der Waals surface area contributed by atoms with Crippen LogP contribution < -0.4 is 0 Å². The molecule has 2 aliphatic rings. The maximum Gasteiger partial charge on any atom is 0.256 e. The van der Waals surface area contributed by atoms with Crippen molar-refractivity contribution in [3.05, 3.63) is 70.6 Å². The molecule has 0 unspecified atom stereocenters. The molecular weight excluding hydrogens is 382 g/mol. The number of ether oxygens (including phenoxy) is 1. The topological polar surface area (TPSA) is 55.3 Å². The summed E-state index contributed by atoms with van der Waals surface area (Å²) in [4.78, 5) is 25.7. The van der Waals surface area contributed by atoms with Crippen LogP contribution in [0.15, 0.2) is 48.8 Å². The zero-order valence-corrected chi connectivity index (χ0v) is 17.2. The minimum atomic E-state index is -0.258. The van der Waals surface area contributed by atoms with Crippen LogP contribution >= 0.6 is 11.3 Å². The number of piperidine rings is 1. The molecule has 6 heteroatoms. The molecule has 1 saturated heterocycles. The molecule has 0 N–H and O–H groups in total. The van der Waals surface area contributed by atoms with Gasteiger partial charge in [0.2, 0.25) is 0 Å². The Labute approximate surface area is 174 Å². The van der Waals surface area contributed by atoms with Gasteiger partial charge in [-0.2, -0.15) is 0 Å². The van der Waals surface area contributed by atoms with Gasteiger partial charge in [0.05, 0.1) is 12.2 Å². The zero-order valence-electron chi connectivity index (χ0n) is 16.4. The first kappa shape index (κ1) is 18.5. The Balaban J connectivity index is 1.37. The van der Waals surface area contributed by atoms with E-state index in [1.807, 2.05) is 29.2 Å². The number of hydrogen-bond acceptors (Lipinski definition) is 5. The summed E-state index contributed by atoms with van der Waals surface area (Å²) in [7, 11) is 0. The molecule has 4 heterocycles. The Morgan fingerprint density at radius 1 is 1.14 bits per heavy atom. The van der Waals surface area contributed by atoms with Crippen LogP contribution in [0.2, 0.25) is 0 Å². The van der Waals surface area contributed by atoms with Crippen molar-refractivity contribution < 1.29 is 9.53 Å². The van der Waals surface area contributed by atoms with Gasteiger partial charge in [-0.1, -0.05) is 30.3 Å². The molecule has 3 aromatic rings. The lowest BCUT2D eigenvalue weighted by Crippen LogP contribution is -2.47. The summed E-state index contributed by atoms with van der Waals surface area (Å²) >= 11 is 1.85. The molecule has 0 bridgehead atoms. The largest absolute Gasteiger partial charge is 0.369 e. The van der Waals surface area contributed by atoms with Crippen LogP contribution in [0.5, 0.6) is 0 Å². The van der Waals surface area contributed by atoms with E-state index in [0.717, 1.165) is 25.9 Å². The van der Waals surface area contributed by atoms with E-state index >= 15 is 0 Å². The number of hydrogen-bond donors (Lipinski definition) is 0. The Morgan fingerprint density at radius 3 is 2.59 bits per heavy atom. The van der Waals surface area contributed by atoms with Crippen LogP contribution in [0.4, 0.5) is 0 Å². The molecular formula is C23H23N3O2S. The van der Waals surface area contributed by atoms with Gasteiger partial charge in [0.1, 0.15) is 11.4 Å². The Hall–Kier alpha value is -2.57. The number of likely N-dealkylation sites (tertiary alicyclic amines) is 1. The predicted octanol–water partition coefficient (Wildman–Crippen LogP) is 4.22. The van der Waals surface area contributed by atoms with E-state index in [4.69, 9.17) is 4.74 Å². The second-order valence-corrected chi connectivity index (χ2v) is 8.79. The molecule has 148 valence electrons. The lowest BCUT2D eigenvalue weighted by molar-refractivity contribution is -0.0906. The number of thiophene rings is 1. The highest BCUT2D eigenvalue weighted by Gasteiger charge is 2.43. The molecule has 0 saturated carbocycles. The average molecular weight is 406 g/mol. The number of aryl methyl sites for hydroxylation is 1. The quantitative estimate of drug-likeness (QED) is 0.641. The average Bonchev–Trinajstić information content (AvgIpc) is 3.21. The Bertz CT molecular complexity index is 1020. The first-order chi connectivity index (χ1) is 14.1. The summed E-state index contributed by atoms with van der Waals surface area (Å²) in [5.41, 5.74) is 2.96. The van der Waals surface area contributed by atoms with Crippen LogP contribution in [0, 0.1) is 6.92 Å². The van der Waals surface area contributed by atoms with Crippen LogP contribution in [-0.2, 0) is 16.8 Å². The minimum absolute atomic E-state index is 0.00652. The van der Waals surface area contributed by atoms with Gasteiger partial charge in [-0.05, 0) is 43.4 Å². The third-order valence-electron chi connectivity index (χ3n) is 5.92. The second kappa shape index (κ2) is 7.35. The van der Waals surface area contributed by atoms with Crippen molar-refractivity contribution >= 4 is 17.2 Å². The van der Waals surface area contributed by atoms with Crippen LogP contribution in [-0.4, -0.2) is 40.5 Å². The molecule has 29 heavy (non-hydrogen) atoms. The van der Waals surface area contributed by atoms with Crippen molar-refractivity contribution in [1.82, 2.24) is 14.9 Å². The van der Waals surface area contributed by atoms with Gasteiger partial charge >= 0.3 is 0 Å². The molecule has 0 aliphatic carbocycles. The molecule has 2 aliphatic heterocycles. The first-order valence-electron chi connectivity index (χ1n) is 10.1. The van der Waals surface area contributed by atoms with Gasteiger partial charge in [0.25, 0.3) is 5.91 Å². The zero-order chi connectivity index (χ0) is 19.8. The lowest BCUT2D eigenvalue weighted by atomic mass is 9.85. The molecule has 0 radical (unpaired) electrons. The fourth-order valence-electron chi connectivity index (χ4n) is 4.29. The monoisotopic (exact) mass is 405 g/mol. The van der Waals surface area contributed by atoms with Crippen molar-refractivity contribution in [2.75, 3.05) is 19.7 Å². The number of nitrogens with zero attached hydrogens (tertiary/aromatic N) is 3. The van der Waals surface area contributed by atoms with E-state index in [1.54, 1.807) is 12.4 Å². The summed E-state index contributed by atoms with van der Waals surface area (Å²) < 4.78 is 6.38. The van der Waals surface area contributed by atoms with E-state index < -0.39 is 0 Å². The standard InChI is InChI=1S/C23H23N3O2S/c1-16-24-14-19(15-25-16)22(27)26-10-8-23(9-11-26)21-18(7-12-28-23)13-20(29-21)17-5-3-2-4-6-17/h2-6,13-15H,7-12H2,1H3. The highest BCUT2D eigenvalue weighted by molar-refractivity contribution is 7.15. The smallest absolute Gasteiger partial charge is 0.256 e. The van der Waals surface area contributed by atoms with Gasteiger partial charge in [-0.25, -0.2) is 9.97 Å². The highest BCUT2D eigenvalue weighted by Crippen LogP contribution is 2.47. The van der Waals surface area contributed by atoms with Gasteiger partial charge in [-0.3, -0.25) is 4.79 Å². The highest BCUT2D eigenvalue weighted by atomic mass is 32.1. The molecule has 5 rings (SSSR count). The summed E-state index contributed by atoms with van der Waals surface area (Å²) in [5.74, 6) is 0.682. The molecule has 1 spiro atoms. The summed E-state index contributed by atoms with van der Waals surface area (Å²) in [5, 5.41) is 0. The van der Waals surface area contributed by atoms with Crippen molar-refractivity contribution in [2.45, 2.75) is 31.8 Å². The van der Waals surface area contributed by atoms with Gasteiger partial charge in [0.15, 0.2) is 0 Å². The summed E-state index contributed by atoms with van der Waals surface area (Å²) in [6.07, 6.45) is 5.86. The number of fused-ring (bicyclic) bond motifs is 2. The maximum absolute atomic E-state index is 12.8. The van der Waals surface area contributed by atoms with E-state index in [9.17, 15) is 4.79 Å². The molecule has 1 fully saturated rings. The van der Waals surface area contributed by atoms with Gasteiger partial charge < -0.3 is 9.64 Å². The van der Waals surface area contributed by atoms with E-state index in [-0.39, 0.29) is 11.5 Å². The molecule has 5 nitrogen and oxygen atoms in total. The fourth-order valence-corrected chi connectivity index (χ4v) is 5.71. The SMILES string of the molecule is Cc1ncc(C(=O)N2CCC3(CC2)OCCc2cc(-c4ccccc4)sc23)cn1. The fraction of sp³-hybridized carbons (Fsp3) is 0.348. The van der Waals surface area contributed by atoms with Gasteiger partial charge in [-0.15, -0.1) is 11.3 Å². The number of benzene rings is 1. The summed E-state index contributed by atoms with van der Waals surface area (Å²) in [6.45, 7) is 3.94. The molecule has 1 aromatic carbocycles. The lowest BCUT2D eigenvalue weighted by Gasteiger charge is -2.43. The minimum Gasteiger partial charge on any atom is -0.369 e. The number of amides is 1. The third-order valence-corrected chi connectivity index (χ3v) is 7.33. The number of aromatic nitrogens is 2. The van der Waals surface area contributed by atoms with Crippen LogP contribution in [0.25, 0.3) is 10.4 Å². The van der Waals surface area contributed by atoms with Crippen molar-refractivity contribution in [1.29, 1.82) is 0 Å². The van der Waals surface area contributed by atoms with E-state index in [1.165, 1.54) is 20.9 Å². The normalized spacial score (nSPS) is 17.9. The summed E-state index contributed by atoms with van der Waals surface area (Å²) in [6, 6.07) is 12.9. The predicted molar refractivity (Wildman–Crippen MR) is 113 cm³/mol. The number of carbonyl (C=O) groups is 1. The van der Waals surface area contributed by atoms with Crippen molar-refractivity contribution in [3.8, 4) is 10.4 Å². The Kier molecular flexibility index (Phi) is 4.68. The van der Waals surface area contributed by atoms with Gasteiger partial charge in [0, 0.05) is 35.2 Å². The van der Waals surface area contributed by atoms with E-state index in [0.29, 0.717) is 24.5 Å². The molecule has 0 atom stereocenters. The number of rotatable bonds is 2. The van der Waals surface area contributed by atoms with Crippen molar-refractivity contribution in [3.63, 3.8) is 0 Å². The van der Waals surface area contributed by atoms with E-state index in [2.05, 4.69) is 40.3 Å². The molecule has 2 aromatic heterocycles. The third kappa shape index (κ3) is 3.36. The second-order valence-electron chi connectivity index (χ2n) is 7.73. The number of carbonyl (C=O) groups excluding carboxylic acids is 1. The Morgan fingerprint density at radius 2 is 1.86 bits per heavy atom. The van der Waals surface area contributed by atoms with Crippen LogP contribution in [0.3, 0.4) is 0 Å². The van der Waals surface area contributed by atoms with Crippen LogP contribution in [0.1, 0.15) is 39.5 Å². The molecule has 1 amide bonds. The first-order valence-corrected chi connectivity index (χ1v) is 10.9. The van der Waals surface area contributed by atoms with Crippen molar-refractivity contribution in [2.24, 2.45) is 0 Å².